The van der Waals surface area contributed by atoms with Crippen molar-refractivity contribution in [2.24, 2.45) is 5.73 Å². The topological polar surface area (TPSA) is 84.2 Å². The minimum Gasteiger partial charge on any atom is -0.347 e. The number of halogens is 1. The summed E-state index contributed by atoms with van der Waals surface area (Å²) in [5.74, 6) is -1.35. The van der Waals surface area contributed by atoms with Gasteiger partial charge < -0.3 is 16.4 Å². The van der Waals surface area contributed by atoms with Gasteiger partial charge in [0.05, 0.1) is 12.1 Å². The molecule has 0 radical (unpaired) electrons. The van der Waals surface area contributed by atoms with Gasteiger partial charge in [-0.3, -0.25) is 9.59 Å². The van der Waals surface area contributed by atoms with E-state index in [-0.39, 0.29) is 6.42 Å². The van der Waals surface area contributed by atoms with Gasteiger partial charge in [0.1, 0.15) is 12.2 Å². The first kappa shape index (κ1) is 20.2. The summed E-state index contributed by atoms with van der Waals surface area (Å²) in [4.78, 5) is 24.7. The zero-order valence-electron chi connectivity index (χ0n) is 15.7. The first-order chi connectivity index (χ1) is 14.0. The van der Waals surface area contributed by atoms with Crippen LogP contribution in [0.2, 0.25) is 0 Å². The van der Waals surface area contributed by atoms with Gasteiger partial charge in [-0.15, -0.1) is 0 Å². The van der Waals surface area contributed by atoms with Crippen molar-refractivity contribution in [3.63, 3.8) is 0 Å². The quantitative estimate of drug-likeness (QED) is 0.537. The molecule has 29 heavy (non-hydrogen) atoms. The van der Waals surface area contributed by atoms with Crippen LogP contribution in [-0.4, -0.2) is 11.8 Å². The Labute approximate surface area is 168 Å². The number of hydrogen-bond acceptors (Lipinski definition) is 3. The number of hydrogen-bond donors (Lipinski definition) is 3. The Morgan fingerprint density at radius 1 is 0.793 bits per heavy atom. The minimum atomic E-state index is -0.496. The van der Waals surface area contributed by atoms with Crippen molar-refractivity contribution in [2.75, 3.05) is 5.32 Å². The van der Waals surface area contributed by atoms with Crippen LogP contribution in [0.3, 0.4) is 0 Å². The van der Waals surface area contributed by atoms with Gasteiger partial charge in [-0.2, -0.15) is 0 Å². The molecule has 0 unspecified atom stereocenters. The lowest BCUT2D eigenvalue weighted by atomic mass is 9.94. The van der Waals surface area contributed by atoms with Crippen molar-refractivity contribution >= 4 is 17.5 Å². The zero-order valence-corrected chi connectivity index (χ0v) is 15.7. The third kappa shape index (κ3) is 5.73. The number of nitrogens with two attached hydrogens (primary N) is 1. The number of carbonyl (C=O) groups excluding carboxylic acids is 2. The predicted molar refractivity (Wildman–Crippen MR) is 110 cm³/mol. The minimum absolute atomic E-state index is 0.373. The molecule has 148 valence electrons. The molecular formula is C23H22FN3O2. The maximum absolute atomic E-state index is 13.0. The van der Waals surface area contributed by atoms with Crippen molar-refractivity contribution in [3.8, 4) is 0 Å². The SMILES string of the molecule is N[C@H](c1ccccc1)[C@H](NC(=O)CC(=O)Nc1ccc(F)cc1)c1ccccc1. The summed E-state index contributed by atoms with van der Waals surface area (Å²) in [7, 11) is 0. The highest BCUT2D eigenvalue weighted by molar-refractivity contribution is 6.03. The Morgan fingerprint density at radius 2 is 1.34 bits per heavy atom. The molecule has 0 aliphatic rings. The Balaban J connectivity index is 1.69. The average Bonchev–Trinajstić information content (AvgIpc) is 2.74. The largest absolute Gasteiger partial charge is 0.347 e. The molecule has 6 heteroatoms. The second-order valence-corrected chi connectivity index (χ2v) is 6.62. The Kier molecular flexibility index (Phi) is 6.71. The highest BCUT2D eigenvalue weighted by Crippen LogP contribution is 2.26. The van der Waals surface area contributed by atoms with Gasteiger partial charge in [0.15, 0.2) is 0 Å². The van der Waals surface area contributed by atoms with E-state index < -0.39 is 29.7 Å². The van der Waals surface area contributed by atoms with Gasteiger partial charge in [-0.25, -0.2) is 4.39 Å². The number of carbonyl (C=O) groups is 2. The molecule has 0 spiro atoms. The normalized spacial score (nSPS) is 12.6. The molecule has 0 aliphatic heterocycles. The van der Waals surface area contributed by atoms with E-state index in [0.717, 1.165) is 11.1 Å². The van der Waals surface area contributed by atoms with Gasteiger partial charge in [-0.05, 0) is 35.4 Å². The summed E-state index contributed by atoms with van der Waals surface area (Å²) in [5, 5.41) is 5.45. The smallest absolute Gasteiger partial charge is 0.233 e. The lowest BCUT2D eigenvalue weighted by molar-refractivity contribution is -0.127. The molecule has 3 aromatic carbocycles. The number of anilines is 1. The molecule has 0 saturated carbocycles. The molecule has 0 saturated heterocycles. The second-order valence-electron chi connectivity index (χ2n) is 6.62. The van der Waals surface area contributed by atoms with Crippen LogP contribution in [-0.2, 0) is 9.59 Å². The van der Waals surface area contributed by atoms with E-state index in [9.17, 15) is 14.0 Å². The van der Waals surface area contributed by atoms with Crippen LogP contribution in [0.4, 0.5) is 10.1 Å². The van der Waals surface area contributed by atoms with Crippen LogP contribution in [0.5, 0.6) is 0 Å². The zero-order chi connectivity index (χ0) is 20.6. The van der Waals surface area contributed by atoms with E-state index in [1.165, 1.54) is 24.3 Å². The van der Waals surface area contributed by atoms with Crippen molar-refractivity contribution in [1.82, 2.24) is 5.32 Å². The number of nitrogens with one attached hydrogen (secondary N) is 2. The van der Waals surface area contributed by atoms with E-state index in [4.69, 9.17) is 5.73 Å². The first-order valence-electron chi connectivity index (χ1n) is 9.23. The lowest BCUT2D eigenvalue weighted by Crippen LogP contribution is -2.37. The molecule has 0 aromatic heterocycles. The van der Waals surface area contributed by atoms with Crippen LogP contribution < -0.4 is 16.4 Å². The van der Waals surface area contributed by atoms with Crippen LogP contribution in [0.1, 0.15) is 29.6 Å². The van der Waals surface area contributed by atoms with Crippen LogP contribution in [0, 0.1) is 5.82 Å². The maximum Gasteiger partial charge on any atom is 0.233 e. The first-order valence-corrected chi connectivity index (χ1v) is 9.23. The highest BCUT2D eigenvalue weighted by atomic mass is 19.1. The van der Waals surface area contributed by atoms with E-state index in [2.05, 4.69) is 10.6 Å². The van der Waals surface area contributed by atoms with E-state index in [1.54, 1.807) is 0 Å². The number of amides is 2. The van der Waals surface area contributed by atoms with E-state index in [1.807, 2.05) is 60.7 Å². The van der Waals surface area contributed by atoms with Crippen molar-refractivity contribution < 1.29 is 14.0 Å². The maximum atomic E-state index is 13.0. The van der Waals surface area contributed by atoms with Gasteiger partial charge in [0, 0.05) is 5.69 Å². The van der Waals surface area contributed by atoms with Crippen molar-refractivity contribution in [3.05, 3.63) is 102 Å². The van der Waals surface area contributed by atoms with Gasteiger partial charge in [-0.1, -0.05) is 60.7 Å². The Morgan fingerprint density at radius 3 is 1.93 bits per heavy atom. The summed E-state index contributed by atoms with van der Waals surface area (Å²) in [6.45, 7) is 0. The molecule has 2 atom stereocenters. The molecule has 4 N–H and O–H groups in total. The summed E-state index contributed by atoms with van der Waals surface area (Å²) in [6, 6.07) is 23.2. The fourth-order valence-electron chi connectivity index (χ4n) is 3.02. The second kappa shape index (κ2) is 9.61. The van der Waals surface area contributed by atoms with Crippen molar-refractivity contribution in [2.45, 2.75) is 18.5 Å². The fourth-order valence-corrected chi connectivity index (χ4v) is 3.02. The number of benzene rings is 3. The summed E-state index contributed by atoms with van der Waals surface area (Å²) in [5.41, 5.74) is 8.57. The molecule has 0 heterocycles. The monoisotopic (exact) mass is 391 g/mol. The predicted octanol–water partition coefficient (Wildman–Crippen LogP) is 3.71. The molecule has 5 nitrogen and oxygen atoms in total. The third-order valence-corrected chi connectivity index (χ3v) is 4.47. The lowest BCUT2D eigenvalue weighted by Gasteiger charge is -2.26. The average molecular weight is 391 g/mol. The highest BCUT2D eigenvalue weighted by Gasteiger charge is 2.24. The van der Waals surface area contributed by atoms with Gasteiger partial charge >= 0.3 is 0 Å². The van der Waals surface area contributed by atoms with Gasteiger partial charge in [0.25, 0.3) is 0 Å². The molecular weight excluding hydrogens is 369 g/mol. The molecule has 3 aromatic rings. The Hall–Kier alpha value is -3.51. The van der Waals surface area contributed by atoms with Crippen molar-refractivity contribution in [1.29, 1.82) is 0 Å². The summed E-state index contributed by atoms with van der Waals surface area (Å²) >= 11 is 0. The molecule has 0 fully saturated rings. The van der Waals surface area contributed by atoms with Crippen LogP contribution in [0.15, 0.2) is 84.9 Å². The van der Waals surface area contributed by atoms with Crippen LogP contribution >= 0.6 is 0 Å². The Bertz CT molecular complexity index is 947. The molecule has 0 bridgehead atoms. The third-order valence-electron chi connectivity index (χ3n) is 4.47. The van der Waals surface area contributed by atoms with Crippen LogP contribution in [0.25, 0.3) is 0 Å². The fraction of sp³-hybridized carbons (Fsp3) is 0.130. The standard InChI is InChI=1S/C23H22FN3O2/c24-18-11-13-19(14-12-18)26-20(28)15-21(29)27-23(17-9-5-2-6-10-17)22(25)16-7-3-1-4-8-16/h1-14,22-23H,15,25H2,(H,26,28)(H,27,29)/t22-,23-/m1/s1. The summed E-state index contributed by atoms with van der Waals surface area (Å²) < 4.78 is 13.0. The molecule has 3 rings (SSSR count). The molecule has 2 amide bonds. The van der Waals surface area contributed by atoms with Gasteiger partial charge in [0.2, 0.25) is 11.8 Å². The summed E-state index contributed by atoms with van der Waals surface area (Å²) in [6.07, 6.45) is -0.373. The van der Waals surface area contributed by atoms with E-state index in [0.29, 0.717) is 5.69 Å². The number of rotatable bonds is 7. The molecule has 0 aliphatic carbocycles. The van der Waals surface area contributed by atoms with E-state index >= 15 is 0 Å².